The maximum atomic E-state index is 13.2. The summed E-state index contributed by atoms with van der Waals surface area (Å²) >= 11 is 0. The second-order valence-corrected chi connectivity index (χ2v) is 7.80. The van der Waals surface area contributed by atoms with Crippen LogP contribution in [0.4, 0.5) is 5.69 Å². The Hall–Kier alpha value is -3.94. The molecule has 1 heterocycles. The average molecular weight is 431 g/mol. The van der Waals surface area contributed by atoms with Crippen LogP contribution in [0, 0.1) is 6.92 Å². The minimum Gasteiger partial charge on any atom is -0.370 e. The quantitative estimate of drug-likeness (QED) is 0.532. The fraction of sp³-hybridized carbons (Fsp3) is 0.250. The van der Waals surface area contributed by atoms with Crippen LogP contribution in [-0.4, -0.2) is 34.0 Å². The molecule has 3 aromatic rings. The molecule has 4 rings (SSSR count). The number of amides is 3. The first-order valence-corrected chi connectivity index (χ1v) is 10.6. The van der Waals surface area contributed by atoms with Crippen LogP contribution in [0.2, 0.25) is 0 Å². The molecule has 0 radical (unpaired) electrons. The van der Waals surface area contributed by atoms with Crippen LogP contribution in [-0.2, 0) is 17.6 Å². The molecule has 164 valence electrons. The third-order valence-electron chi connectivity index (χ3n) is 5.57. The number of para-hydroxylation sites is 2. The van der Waals surface area contributed by atoms with Crippen molar-refractivity contribution in [1.29, 1.82) is 0 Å². The van der Waals surface area contributed by atoms with E-state index < -0.39 is 11.8 Å². The summed E-state index contributed by atoms with van der Waals surface area (Å²) < 4.78 is 1.87. The Morgan fingerprint density at radius 2 is 1.78 bits per heavy atom. The van der Waals surface area contributed by atoms with E-state index in [1.54, 1.807) is 24.3 Å². The molecule has 32 heavy (non-hydrogen) atoms. The molecule has 0 aliphatic heterocycles. The van der Waals surface area contributed by atoms with Crippen molar-refractivity contribution in [2.45, 2.75) is 32.6 Å². The molecule has 0 unspecified atom stereocenters. The zero-order valence-corrected chi connectivity index (χ0v) is 17.9. The summed E-state index contributed by atoms with van der Waals surface area (Å²) in [6, 6.07) is 14.7. The van der Waals surface area contributed by atoms with Crippen molar-refractivity contribution in [3.05, 3.63) is 76.6 Å². The topological polar surface area (TPSA) is 119 Å². The van der Waals surface area contributed by atoms with Gasteiger partial charge in [-0.2, -0.15) is 5.10 Å². The number of aromatic nitrogens is 2. The Labute approximate surface area is 185 Å². The highest BCUT2D eigenvalue weighted by molar-refractivity contribution is 6.09. The number of primary amides is 1. The zero-order chi connectivity index (χ0) is 22.7. The van der Waals surface area contributed by atoms with Crippen molar-refractivity contribution in [2.75, 3.05) is 11.9 Å². The second kappa shape index (κ2) is 9.05. The van der Waals surface area contributed by atoms with E-state index in [4.69, 9.17) is 5.73 Å². The van der Waals surface area contributed by atoms with E-state index >= 15 is 0 Å². The van der Waals surface area contributed by atoms with E-state index in [0.717, 1.165) is 41.8 Å². The van der Waals surface area contributed by atoms with Crippen molar-refractivity contribution in [3.8, 4) is 5.69 Å². The van der Waals surface area contributed by atoms with Gasteiger partial charge in [-0.15, -0.1) is 0 Å². The highest BCUT2D eigenvalue weighted by atomic mass is 16.2. The number of rotatable bonds is 7. The molecule has 0 atom stereocenters. The molecule has 0 fully saturated rings. The van der Waals surface area contributed by atoms with Crippen LogP contribution in [0.3, 0.4) is 0 Å². The monoisotopic (exact) mass is 431 g/mol. The Balaban J connectivity index is 1.60. The zero-order valence-electron chi connectivity index (χ0n) is 17.9. The first-order chi connectivity index (χ1) is 15.5. The standard InChI is InChI=1S/C24H25N5O3/c1-15-7-2-5-11-19(15)29-20-12-6-9-17(20)22(28-29)24(32)27-18-10-4-3-8-16(18)23(31)26-14-13-21(25)30/h2-5,7-8,10-11H,6,9,12-14H2,1H3,(H2,25,30)(H,26,31)(H,27,32). The first-order valence-electron chi connectivity index (χ1n) is 10.6. The molecule has 1 aliphatic rings. The first kappa shape index (κ1) is 21.3. The largest absolute Gasteiger partial charge is 0.370 e. The fourth-order valence-electron chi connectivity index (χ4n) is 3.99. The minimum atomic E-state index is -0.495. The lowest BCUT2D eigenvalue weighted by atomic mass is 10.1. The van der Waals surface area contributed by atoms with Gasteiger partial charge in [-0.3, -0.25) is 14.4 Å². The normalized spacial score (nSPS) is 12.3. The van der Waals surface area contributed by atoms with E-state index in [0.29, 0.717) is 16.9 Å². The maximum absolute atomic E-state index is 13.2. The number of hydrogen-bond donors (Lipinski definition) is 3. The molecule has 1 aliphatic carbocycles. The van der Waals surface area contributed by atoms with E-state index in [1.165, 1.54) is 0 Å². The molecule has 8 nitrogen and oxygen atoms in total. The summed E-state index contributed by atoms with van der Waals surface area (Å²) in [7, 11) is 0. The lowest BCUT2D eigenvalue weighted by molar-refractivity contribution is -0.117. The van der Waals surface area contributed by atoms with Crippen LogP contribution in [0.15, 0.2) is 48.5 Å². The molecule has 0 saturated heterocycles. The number of nitrogens with one attached hydrogen (secondary N) is 2. The minimum absolute atomic E-state index is 0.0444. The highest BCUT2D eigenvalue weighted by Gasteiger charge is 2.28. The van der Waals surface area contributed by atoms with Gasteiger partial charge in [0.25, 0.3) is 11.8 Å². The summed E-state index contributed by atoms with van der Waals surface area (Å²) in [6.07, 6.45) is 2.67. The number of nitrogens with zero attached hydrogens (tertiary/aromatic N) is 2. The lowest BCUT2D eigenvalue weighted by Gasteiger charge is -2.11. The maximum Gasteiger partial charge on any atom is 0.276 e. The summed E-state index contributed by atoms with van der Waals surface area (Å²) in [5.41, 5.74) is 10.2. The van der Waals surface area contributed by atoms with Crippen LogP contribution in [0.25, 0.3) is 5.69 Å². The molecular formula is C24H25N5O3. The van der Waals surface area contributed by atoms with Crippen molar-refractivity contribution >= 4 is 23.4 Å². The van der Waals surface area contributed by atoms with Crippen molar-refractivity contribution in [1.82, 2.24) is 15.1 Å². The van der Waals surface area contributed by atoms with Gasteiger partial charge in [0.05, 0.1) is 16.9 Å². The van der Waals surface area contributed by atoms with Gasteiger partial charge in [-0.05, 0) is 49.9 Å². The highest BCUT2D eigenvalue weighted by Crippen LogP contribution is 2.29. The number of aryl methyl sites for hydroxylation is 1. The third-order valence-corrected chi connectivity index (χ3v) is 5.57. The van der Waals surface area contributed by atoms with Gasteiger partial charge in [0.1, 0.15) is 0 Å². The number of carbonyl (C=O) groups is 3. The Bertz CT molecular complexity index is 1200. The van der Waals surface area contributed by atoms with Crippen LogP contribution in [0.1, 0.15) is 50.5 Å². The van der Waals surface area contributed by atoms with Gasteiger partial charge < -0.3 is 16.4 Å². The van der Waals surface area contributed by atoms with E-state index in [2.05, 4.69) is 15.7 Å². The molecule has 3 amide bonds. The van der Waals surface area contributed by atoms with Crippen LogP contribution in [0.5, 0.6) is 0 Å². The van der Waals surface area contributed by atoms with Gasteiger partial charge in [-0.1, -0.05) is 30.3 Å². The fourth-order valence-corrected chi connectivity index (χ4v) is 3.99. The van der Waals surface area contributed by atoms with Crippen molar-refractivity contribution < 1.29 is 14.4 Å². The Morgan fingerprint density at radius 3 is 2.56 bits per heavy atom. The number of hydrogen-bond acceptors (Lipinski definition) is 4. The molecule has 0 bridgehead atoms. The number of fused-ring (bicyclic) bond motifs is 1. The Morgan fingerprint density at radius 1 is 1.03 bits per heavy atom. The predicted octanol–water partition coefficient (Wildman–Crippen LogP) is 2.53. The van der Waals surface area contributed by atoms with Crippen LogP contribution < -0.4 is 16.4 Å². The molecule has 0 spiro atoms. The molecular weight excluding hydrogens is 406 g/mol. The van der Waals surface area contributed by atoms with Gasteiger partial charge in [0, 0.05) is 24.2 Å². The predicted molar refractivity (Wildman–Crippen MR) is 121 cm³/mol. The van der Waals surface area contributed by atoms with E-state index in [1.807, 2.05) is 35.9 Å². The summed E-state index contributed by atoms with van der Waals surface area (Å²) in [6.45, 7) is 2.15. The molecule has 8 heteroatoms. The summed E-state index contributed by atoms with van der Waals surface area (Å²) in [5.74, 6) is -1.24. The average Bonchev–Trinajstić information content (AvgIpc) is 3.37. The molecule has 2 aromatic carbocycles. The van der Waals surface area contributed by atoms with Gasteiger partial charge in [0.2, 0.25) is 5.91 Å². The number of anilines is 1. The Kier molecular flexibility index (Phi) is 6.02. The smallest absolute Gasteiger partial charge is 0.276 e. The number of benzene rings is 2. The number of carbonyl (C=O) groups excluding carboxylic acids is 3. The lowest BCUT2D eigenvalue weighted by Crippen LogP contribution is -2.29. The van der Waals surface area contributed by atoms with Gasteiger partial charge >= 0.3 is 0 Å². The van der Waals surface area contributed by atoms with E-state index in [-0.39, 0.29) is 18.9 Å². The van der Waals surface area contributed by atoms with Crippen molar-refractivity contribution in [2.24, 2.45) is 5.73 Å². The summed E-state index contributed by atoms with van der Waals surface area (Å²) in [5, 5.41) is 10.2. The molecule has 0 saturated carbocycles. The third kappa shape index (κ3) is 4.25. The van der Waals surface area contributed by atoms with Crippen LogP contribution >= 0.6 is 0 Å². The molecule has 1 aromatic heterocycles. The van der Waals surface area contributed by atoms with Gasteiger partial charge in [-0.25, -0.2) is 4.68 Å². The second-order valence-electron chi connectivity index (χ2n) is 7.80. The number of nitrogens with two attached hydrogens (primary N) is 1. The van der Waals surface area contributed by atoms with Gasteiger partial charge in [0.15, 0.2) is 5.69 Å². The van der Waals surface area contributed by atoms with Crippen molar-refractivity contribution in [3.63, 3.8) is 0 Å². The van der Waals surface area contributed by atoms with E-state index in [9.17, 15) is 14.4 Å². The summed E-state index contributed by atoms with van der Waals surface area (Å²) in [4.78, 5) is 36.7. The molecule has 4 N–H and O–H groups in total. The SMILES string of the molecule is Cc1ccccc1-n1nc(C(=O)Nc2ccccc2C(=O)NCCC(N)=O)c2c1CCC2.